The number of amides is 1. The summed E-state index contributed by atoms with van der Waals surface area (Å²) in [7, 11) is 0. The van der Waals surface area contributed by atoms with E-state index in [-0.39, 0.29) is 18.3 Å². The Kier molecular flexibility index (Phi) is 5.93. The smallest absolute Gasteiger partial charge is 0.263 e. The quantitative estimate of drug-likeness (QED) is 0.447. The van der Waals surface area contributed by atoms with Crippen molar-refractivity contribution in [2.24, 2.45) is 0 Å². The number of ether oxygens (including phenoxy) is 1. The van der Waals surface area contributed by atoms with Crippen LogP contribution in [-0.2, 0) is 11.4 Å². The lowest BCUT2D eigenvalue weighted by atomic mass is 10.1. The molecule has 25 heavy (non-hydrogen) atoms. The van der Waals surface area contributed by atoms with E-state index in [9.17, 15) is 9.18 Å². The van der Waals surface area contributed by atoms with Crippen LogP contribution in [0.3, 0.4) is 0 Å². The van der Waals surface area contributed by atoms with Gasteiger partial charge in [0.1, 0.15) is 22.5 Å². The zero-order chi connectivity index (χ0) is 18.0. The Hall–Kier alpha value is -1.22. The number of thiocarbonyl (C=S) groups is 1. The molecule has 1 fully saturated rings. The SMILES string of the molecule is O=C1NC(=S)S/C1=C\c1cc(Br)cc(Br)c1OCc1ccccc1F. The summed E-state index contributed by atoms with van der Waals surface area (Å²) in [5, 5.41) is 2.57. The van der Waals surface area contributed by atoms with E-state index >= 15 is 0 Å². The Bertz CT molecular complexity index is 902. The van der Waals surface area contributed by atoms with Gasteiger partial charge in [-0.15, -0.1) is 0 Å². The van der Waals surface area contributed by atoms with Gasteiger partial charge < -0.3 is 10.1 Å². The van der Waals surface area contributed by atoms with Gasteiger partial charge >= 0.3 is 0 Å². The first-order chi connectivity index (χ1) is 11.9. The normalized spacial score (nSPS) is 15.6. The molecule has 0 atom stereocenters. The van der Waals surface area contributed by atoms with Crippen LogP contribution >= 0.6 is 55.8 Å². The maximum Gasteiger partial charge on any atom is 0.263 e. The fourth-order valence-electron chi connectivity index (χ4n) is 2.17. The van der Waals surface area contributed by atoms with E-state index < -0.39 is 0 Å². The first-order valence-electron chi connectivity index (χ1n) is 7.04. The van der Waals surface area contributed by atoms with E-state index in [2.05, 4.69) is 37.2 Å². The van der Waals surface area contributed by atoms with Crippen LogP contribution in [0.15, 0.2) is 50.2 Å². The van der Waals surface area contributed by atoms with Crippen LogP contribution in [-0.4, -0.2) is 10.2 Å². The Labute approximate surface area is 170 Å². The van der Waals surface area contributed by atoms with Gasteiger partial charge in [0.05, 0.1) is 9.38 Å². The van der Waals surface area contributed by atoms with E-state index in [1.807, 2.05) is 12.1 Å². The number of rotatable bonds is 4. The topological polar surface area (TPSA) is 38.3 Å². The molecule has 0 spiro atoms. The zero-order valence-electron chi connectivity index (χ0n) is 12.5. The van der Waals surface area contributed by atoms with Crippen molar-refractivity contribution in [3.63, 3.8) is 0 Å². The molecule has 8 heteroatoms. The van der Waals surface area contributed by atoms with Crippen molar-refractivity contribution in [1.29, 1.82) is 0 Å². The number of benzene rings is 2. The maximum atomic E-state index is 13.8. The van der Waals surface area contributed by atoms with Crippen molar-refractivity contribution in [2.75, 3.05) is 0 Å². The molecule has 3 nitrogen and oxygen atoms in total. The Morgan fingerprint density at radius 2 is 2.04 bits per heavy atom. The summed E-state index contributed by atoms with van der Waals surface area (Å²) in [6.07, 6.45) is 1.70. The van der Waals surface area contributed by atoms with Crippen LogP contribution in [0, 0.1) is 5.82 Å². The van der Waals surface area contributed by atoms with Crippen LogP contribution in [0.4, 0.5) is 4.39 Å². The Morgan fingerprint density at radius 1 is 1.28 bits per heavy atom. The van der Waals surface area contributed by atoms with E-state index in [0.717, 1.165) is 4.47 Å². The lowest BCUT2D eigenvalue weighted by Gasteiger charge is -2.13. The monoisotopic (exact) mass is 501 g/mol. The summed E-state index contributed by atoms with van der Waals surface area (Å²) in [6, 6.07) is 10.1. The summed E-state index contributed by atoms with van der Waals surface area (Å²) < 4.78 is 21.6. The van der Waals surface area contributed by atoms with Gasteiger partial charge in [-0.25, -0.2) is 4.39 Å². The molecule has 0 aliphatic carbocycles. The number of nitrogens with one attached hydrogen (secondary N) is 1. The van der Waals surface area contributed by atoms with E-state index in [4.69, 9.17) is 17.0 Å². The fraction of sp³-hybridized carbons (Fsp3) is 0.0588. The molecule has 0 bridgehead atoms. The number of carbonyl (C=O) groups is 1. The van der Waals surface area contributed by atoms with Crippen molar-refractivity contribution in [3.05, 3.63) is 67.2 Å². The van der Waals surface area contributed by atoms with Crippen molar-refractivity contribution in [3.8, 4) is 5.75 Å². The summed E-state index contributed by atoms with van der Waals surface area (Å²) in [6.45, 7) is 0.0703. The molecule has 2 aromatic rings. The molecule has 0 unspecified atom stereocenters. The molecule has 0 saturated carbocycles. The fourth-order valence-corrected chi connectivity index (χ4v) is 4.58. The van der Waals surface area contributed by atoms with Gasteiger partial charge in [-0.05, 0) is 40.2 Å². The molecule has 3 rings (SSSR count). The molecule has 1 aliphatic rings. The van der Waals surface area contributed by atoms with Crippen LogP contribution in [0.25, 0.3) is 6.08 Å². The van der Waals surface area contributed by atoms with Gasteiger partial charge in [0.25, 0.3) is 5.91 Å². The molecule has 1 heterocycles. The minimum absolute atomic E-state index is 0.0703. The number of halogens is 3. The maximum absolute atomic E-state index is 13.8. The summed E-state index contributed by atoms with van der Waals surface area (Å²) in [5.41, 5.74) is 1.13. The molecule has 1 aliphatic heterocycles. The van der Waals surface area contributed by atoms with Crippen molar-refractivity contribution >= 4 is 72.1 Å². The van der Waals surface area contributed by atoms with Crippen molar-refractivity contribution in [1.82, 2.24) is 5.32 Å². The van der Waals surface area contributed by atoms with Crippen LogP contribution in [0.2, 0.25) is 0 Å². The molecule has 0 aromatic heterocycles. The second-order valence-electron chi connectivity index (χ2n) is 5.04. The van der Waals surface area contributed by atoms with Gasteiger partial charge in [0, 0.05) is 15.6 Å². The lowest BCUT2D eigenvalue weighted by Crippen LogP contribution is -2.17. The molecule has 128 valence electrons. The minimum atomic E-state index is -0.327. The van der Waals surface area contributed by atoms with E-state index in [1.165, 1.54) is 17.8 Å². The molecular weight excluding hydrogens is 493 g/mol. The number of carbonyl (C=O) groups excluding carboxylic acids is 1. The van der Waals surface area contributed by atoms with E-state index in [0.29, 0.717) is 30.6 Å². The summed E-state index contributed by atoms with van der Waals surface area (Å²) >= 11 is 13.1. The van der Waals surface area contributed by atoms with Gasteiger partial charge in [0.15, 0.2) is 0 Å². The average molecular weight is 503 g/mol. The number of hydrogen-bond donors (Lipinski definition) is 1. The highest BCUT2D eigenvalue weighted by Crippen LogP contribution is 2.37. The zero-order valence-corrected chi connectivity index (χ0v) is 17.3. The minimum Gasteiger partial charge on any atom is -0.487 e. The highest BCUT2D eigenvalue weighted by atomic mass is 79.9. The molecular formula is C17H10Br2FNO2S2. The molecule has 1 amide bonds. The summed E-state index contributed by atoms with van der Waals surface area (Å²) in [5.74, 6) is -0.0527. The number of thioether (sulfide) groups is 1. The molecule has 0 radical (unpaired) electrons. The van der Waals surface area contributed by atoms with Crippen molar-refractivity contribution in [2.45, 2.75) is 6.61 Å². The predicted octanol–water partition coefficient (Wildman–Crippen LogP) is 5.42. The van der Waals surface area contributed by atoms with E-state index in [1.54, 1.807) is 24.3 Å². The predicted molar refractivity (Wildman–Crippen MR) is 109 cm³/mol. The van der Waals surface area contributed by atoms with Crippen LogP contribution < -0.4 is 10.1 Å². The Balaban J connectivity index is 1.93. The molecule has 1 saturated heterocycles. The van der Waals surface area contributed by atoms with Crippen LogP contribution in [0.5, 0.6) is 5.75 Å². The first kappa shape index (κ1) is 18.6. The third-order valence-corrected chi connectivity index (χ3v) is 5.51. The second kappa shape index (κ2) is 7.99. The second-order valence-corrected chi connectivity index (χ2v) is 8.53. The molecule has 1 N–H and O–H groups in total. The third kappa shape index (κ3) is 4.49. The lowest BCUT2D eigenvalue weighted by molar-refractivity contribution is -0.115. The highest BCUT2D eigenvalue weighted by Gasteiger charge is 2.23. The largest absolute Gasteiger partial charge is 0.487 e. The van der Waals surface area contributed by atoms with Gasteiger partial charge in [-0.1, -0.05) is 58.1 Å². The van der Waals surface area contributed by atoms with Gasteiger partial charge in [-0.2, -0.15) is 0 Å². The third-order valence-electron chi connectivity index (χ3n) is 3.30. The molecule has 2 aromatic carbocycles. The number of hydrogen-bond acceptors (Lipinski definition) is 4. The standard InChI is InChI=1S/C17H10Br2FNO2S2/c18-11-5-10(6-14-16(22)21-17(24)25-14)15(12(19)7-11)23-8-9-3-1-2-4-13(9)20/h1-7H,8H2,(H,21,22,24)/b14-6-. The first-order valence-corrected chi connectivity index (χ1v) is 9.85. The summed E-state index contributed by atoms with van der Waals surface area (Å²) in [4.78, 5) is 12.4. The van der Waals surface area contributed by atoms with Crippen LogP contribution in [0.1, 0.15) is 11.1 Å². The van der Waals surface area contributed by atoms with Crippen molar-refractivity contribution < 1.29 is 13.9 Å². The van der Waals surface area contributed by atoms with Gasteiger partial charge in [0.2, 0.25) is 0 Å². The average Bonchev–Trinajstić information content (AvgIpc) is 2.85. The highest BCUT2D eigenvalue weighted by molar-refractivity contribution is 9.11. The Morgan fingerprint density at radius 3 is 2.72 bits per heavy atom. The van der Waals surface area contributed by atoms with Gasteiger partial charge in [-0.3, -0.25) is 4.79 Å².